The zero-order valence-electron chi connectivity index (χ0n) is 23.0. The molecule has 0 bridgehead atoms. The standard InChI is InChI=1S/C30H37F4N3O3/c1-39-25-11-8-19(16-26(25)40-2)29-13-12-21(18-27(29)37(15-14-29)22-6-4-3-5-7-22)36-28(38)35-20-9-10-24(31)23(17-20)30(32,33)34/h8-11,16-17,21-22,27H,3-7,12-15,18H2,1-2H3,(H2,35,36,38)/t21-,27+,29-/m0/s1. The number of anilines is 1. The van der Waals surface area contributed by atoms with Crippen molar-refractivity contribution in [3.8, 4) is 11.5 Å². The van der Waals surface area contributed by atoms with Crippen LogP contribution in [0.5, 0.6) is 11.5 Å². The number of alkyl halides is 3. The number of halogens is 4. The van der Waals surface area contributed by atoms with E-state index in [-0.39, 0.29) is 23.2 Å². The van der Waals surface area contributed by atoms with Gasteiger partial charge in [-0.05, 0) is 81.0 Å². The van der Waals surface area contributed by atoms with Gasteiger partial charge >= 0.3 is 12.2 Å². The van der Waals surface area contributed by atoms with Crippen molar-refractivity contribution in [2.45, 2.75) is 87.5 Å². The van der Waals surface area contributed by atoms with Gasteiger partial charge in [0, 0.05) is 29.2 Å². The Morgan fingerprint density at radius 2 is 1.73 bits per heavy atom. The average molecular weight is 564 g/mol. The lowest BCUT2D eigenvalue weighted by atomic mass is 9.64. The van der Waals surface area contributed by atoms with E-state index in [4.69, 9.17) is 9.47 Å². The van der Waals surface area contributed by atoms with Crippen molar-refractivity contribution in [1.29, 1.82) is 0 Å². The van der Waals surface area contributed by atoms with Gasteiger partial charge in [-0.3, -0.25) is 4.90 Å². The Bertz CT molecular complexity index is 1220. The predicted octanol–water partition coefficient (Wildman–Crippen LogP) is 6.88. The van der Waals surface area contributed by atoms with E-state index in [0.717, 1.165) is 44.4 Å². The molecule has 10 heteroatoms. The molecule has 1 saturated heterocycles. The van der Waals surface area contributed by atoms with Gasteiger partial charge in [-0.2, -0.15) is 13.2 Å². The molecule has 0 spiro atoms. The molecule has 2 amide bonds. The fourth-order valence-electron chi connectivity index (χ4n) is 7.22. The second-order valence-corrected chi connectivity index (χ2v) is 11.3. The normalized spacial score (nSPS) is 25.8. The van der Waals surface area contributed by atoms with E-state index >= 15 is 0 Å². The molecule has 6 nitrogen and oxygen atoms in total. The molecule has 2 aliphatic carbocycles. The molecule has 0 aromatic heterocycles. The van der Waals surface area contributed by atoms with Crippen LogP contribution in [0, 0.1) is 5.82 Å². The van der Waals surface area contributed by atoms with Gasteiger partial charge in [-0.15, -0.1) is 0 Å². The molecule has 2 aromatic carbocycles. The third kappa shape index (κ3) is 5.60. The summed E-state index contributed by atoms with van der Waals surface area (Å²) in [7, 11) is 3.26. The fraction of sp³-hybridized carbons (Fsp3) is 0.567. The number of hydrogen-bond donors (Lipinski definition) is 2. The summed E-state index contributed by atoms with van der Waals surface area (Å²) in [5.41, 5.74) is -0.393. The molecule has 0 radical (unpaired) electrons. The van der Waals surface area contributed by atoms with E-state index in [1.807, 2.05) is 6.07 Å². The van der Waals surface area contributed by atoms with Crippen LogP contribution >= 0.6 is 0 Å². The third-order valence-corrected chi connectivity index (χ3v) is 9.17. The molecule has 3 atom stereocenters. The van der Waals surface area contributed by atoms with Crippen LogP contribution in [-0.4, -0.2) is 49.8 Å². The number of urea groups is 1. The van der Waals surface area contributed by atoms with Crippen LogP contribution in [0.15, 0.2) is 36.4 Å². The lowest BCUT2D eigenvalue weighted by molar-refractivity contribution is -0.139. The third-order valence-electron chi connectivity index (χ3n) is 9.17. The zero-order valence-corrected chi connectivity index (χ0v) is 23.0. The molecular formula is C30H37F4N3O3. The Morgan fingerprint density at radius 1 is 0.975 bits per heavy atom. The lowest BCUT2D eigenvalue weighted by Gasteiger charge is -2.47. The SMILES string of the molecule is COc1ccc([C@@]23CC[C@H](NC(=O)Nc4ccc(F)c(C(F)(F)F)c4)C[C@H]2N(C2CCCCC2)CC3)cc1OC. The number of nitrogens with zero attached hydrogens (tertiary/aromatic N) is 1. The molecule has 40 heavy (non-hydrogen) atoms. The number of nitrogens with one attached hydrogen (secondary N) is 2. The summed E-state index contributed by atoms with van der Waals surface area (Å²) >= 11 is 0. The van der Waals surface area contributed by atoms with Crippen LogP contribution < -0.4 is 20.1 Å². The largest absolute Gasteiger partial charge is 0.493 e. The van der Waals surface area contributed by atoms with Crippen molar-refractivity contribution in [1.82, 2.24) is 10.2 Å². The van der Waals surface area contributed by atoms with E-state index in [0.29, 0.717) is 23.6 Å². The first-order chi connectivity index (χ1) is 19.1. The van der Waals surface area contributed by atoms with Crippen molar-refractivity contribution in [2.24, 2.45) is 0 Å². The molecule has 0 unspecified atom stereocenters. The molecule has 2 saturated carbocycles. The van der Waals surface area contributed by atoms with Gasteiger partial charge in [0.25, 0.3) is 0 Å². The number of carbonyl (C=O) groups is 1. The maximum Gasteiger partial charge on any atom is 0.419 e. The number of hydrogen-bond acceptors (Lipinski definition) is 4. The summed E-state index contributed by atoms with van der Waals surface area (Å²) < 4.78 is 64.2. The van der Waals surface area contributed by atoms with Gasteiger partial charge in [0.05, 0.1) is 19.8 Å². The predicted molar refractivity (Wildman–Crippen MR) is 144 cm³/mol. The number of ether oxygens (including phenoxy) is 2. The highest BCUT2D eigenvalue weighted by Gasteiger charge is 2.53. The summed E-state index contributed by atoms with van der Waals surface area (Å²) in [4.78, 5) is 15.5. The van der Waals surface area contributed by atoms with Crippen LogP contribution in [-0.2, 0) is 11.6 Å². The van der Waals surface area contributed by atoms with Crippen LogP contribution in [0.4, 0.5) is 28.0 Å². The van der Waals surface area contributed by atoms with E-state index in [9.17, 15) is 22.4 Å². The van der Waals surface area contributed by atoms with Crippen LogP contribution in [0.2, 0.25) is 0 Å². The number of rotatable bonds is 6. The van der Waals surface area contributed by atoms with Gasteiger partial charge in [0.2, 0.25) is 0 Å². The second kappa shape index (κ2) is 11.5. The van der Waals surface area contributed by atoms with Crippen molar-refractivity contribution in [2.75, 3.05) is 26.1 Å². The Morgan fingerprint density at radius 3 is 2.42 bits per heavy atom. The second-order valence-electron chi connectivity index (χ2n) is 11.3. The van der Waals surface area contributed by atoms with E-state index in [2.05, 4.69) is 27.7 Å². The summed E-state index contributed by atoms with van der Waals surface area (Å²) in [5, 5.41) is 5.46. The first kappa shape index (κ1) is 28.5. The van der Waals surface area contributed by atoms with Gasteiger partial charge in [-0.1, -0.05) is 25.3 Å². The molecule has 2 N–H and O–H groups in total. The summed E-state index contributed by atoms with van der Waals surface area (Å²) in [6, 6.07) is 8.62. The Hall–Kier alpha value is -3.01. The van der Waals surface area contributed by atoms with Gasteiger partial charge in [-0.25, -0.2) is 9.18 Å². The number of fused-ring (bicyclic) bond motifs is 1. The monoisotopic (exact) mass is 563 g/mol. The molecule has 3 fully saturated rings. The van der Waals surface area contributed by atoms with Crippen LogP contribution in [0.1, 0.15) is 68.9 Å². The smallest absolute Gasteiger partial charge is 0.419 e. The lowest BCUT2D eigenvalue weighted by Crippen LogP contribution is -2.55. The Balaban J connectivity index is 1.35. The quantitative estimate of drug-likeness (QED) is 0.376. The molecule has 3 aliphatic rings. The first-order valence-electron chi connectivity index (χ1n) is 14.1. The molecule has 1 aliphatic heterocycles. The Kier molecular flexibility index (Phi) is 8.17. The molecule has 1 heterocycles. The minimum absolute atomic E-state index is 0.0930. The van der Waals surface area contributed by atoms with Gasteiger partial charge < -0.3 is 20.1 Å². The van der Waals surface area contributed by atoms with E-state index in [1.54, 1.807) is 14.2 Å². The first-order valence-corrected chi connectivity index (χ1v) is 14.1. The summed E-state index contributed by atoms with van der Waals surface area (Å²) in [5.74, 6) is 0.00509. The maximum atomic E-state index is 13.7. The fourth-order valence-corrected chi connectivity index (χ4v) is 7.22. The zero-order chi connectivity index (χ0) is 28.5. The van der Waals surface area contributed by atoms with E-state index < -0.39 is 23.6 Å². The van der Waals surface area contributed by atoms with Gasteiger partial charge in [0.1, 0.15) is 5.82 Å². The minimum Gasteiger partial charge on any atom is -0.493 e. The molecule has 2 aromatic rings. The molecule has 5 rings (SSSR count). The molecular weight excluding hydrogens is 526 g/mol. The van der Waals surface area contributed by atoms with Crippen LogP contribution in [0.3, 0.4) is 0 Å². The number of likely N-dealkylation sites (tertiary alicyclic amines) is 1. The van der Waals surface area contributed by atoms with Crippen molar-refractivity contribution in [3.63, 3.8) is 0 Å². The number of amides is 2. The number of benzene rings is 2. The Labute approximate surface area is 232 Å². The minimum atomic E-state index is -4.85. The molecule has 218 valence electrons. The average Bonchev–Trinajstić information content (AvgIpc) is 3.33. The number of carbonyl (C=O) groups excluding carboxylic acids is 1. The van der Waals surface area contributed by atoms with Crippen molar-refractivity contribution < 1.29 is 31.8 Å². The van der Waals surface area contributed by atoms with Crippen LogP contribution in [0.25, 0.3) is 0 Å². The summed E-state index contributed by atoms with van der Waals surface area (Å²) in [6.45, 7) is 0.985. The highest BCUT2D eigenvalue weighted by Crippen LogP contribution is 2.51. The topological polar surface area (TPSA) is 62.8 Å². The maximum absolute atomic E-state index is 13.7. The summed E-state index contributed by atoms with van der Waals surface area (Å²) in [6.07, 6.45) is 4.53. The highest BCUT2D eigenvalue weighted by molar-refractivity contribution is 5.89. The van der Waals surface area contributed by atoms with E-state index in [1.165, 1.54) is 37.7 Å². The highest BCUT2D eigenvalue weighted by atomic mass is 19.4. The number of methoxy groups -OCH3 is 2. The van der Waals surface area contributed by atoms with Crippen molar-refractivity contribution >= 4 is 11.7 Å². The van der Waals surface area contributed by atoms with Gasteiger partial charge in [0.15, 0.2) is 11.5 Å². The van der Waals surface area contributed by atoms with Crippen molar-refractivity contribution in [3.05, 3.63) is 53.3 Å².